The fourth-order valence-electron chi connectivity index (χ4n) is 3.04. The minimum absolute atomic E-state index is 0.267. The van der Waals surface area contributed by atoms with Gasteiger partial charge in [0.05, 0.1) is 0 Å². The van der Waals surface area contributed by atoms with Crippen molar-refractivity contribution in [2.45, 2.75) is 26.2 Å². The highest BCUT2D eigenvalue weighted by atomic mass is 16.5. The number of rotatable bonds is 9. The molecule has 0 aliphatic carbocycles. The van der Waals surface area contributed by atoms with Crippen LogP contribution in [0.1, 0.15) is 35.7 Å². The van der Waals surface area contributed by atoms with Gasteiger partial charge < -0.3 is 14.5 Å². The zero-order valence-corrected chi connectivity index (χ0v) is 14.6. The average Bonchev–Trinajstić information content (AvgIpc) is 2.61. The van der Waals surface area contributed by atoms with Crippen LogP contribution in [0.2, 0.25) is 0 Å². The summed E-state index contributed by atoms with van der Waals surface area (Å²) in [5, 5.41) is 0. The number of hydrogen-bond acceptors (Lipinski definition) is 4. The molecule has 0 amide bonds. The first-order valence-corrected chi connectivity index (χ1v) is 8.78. The molecule has 2 rings (SSSR count). The van der Waals surface area contributed by atoms with Crippen molar-refractivity contribution < 1.29 is 9.53 Å². The Morgan fingerprint density at radius 1 is 1.13 bits per heavy atom. The van der Waals surface area contributed by atoms with Gasteiger partial charge in [0.15, 0.2) is 5.78 Å². The normalized spacial score (nSPS) is 16.6. The van der Waals surface area contributed by atoms with Crippen LogP contribution in [0, 0.1) is 0 Å². The smallest absolute Gasteiger partial charge is 0.164 e. The predicted octanol–water partition coefficient (Wildman–Crippen LogP) is 2.48. The van der Waals surface area contributed by atoms with Gasteiger partial charge >= 0.3 is 0 Å². The summed E-state index contributed by atoms with van der Waals surface area (Å²) in [5.41, 5.74) is 2.10. The van der Waals surface area contributed by atoms with E-state index in [0.29, 0.717) is 6.42 Å². The zero-order chi connectivity index (χ0) is 16.5. The van der Waals surface area contributed by atoms with Crippen LogP contribution >= 0.6 is 0 Å². The van der Waals surface area contributed by atoms with Gasteiger partial charge in [0.1, 0.15) is 0 Å². The van der Waals surface area contributed by atoms with Gasteiger partial charge in [-0.1, -0.05) is 25.1 Å². The summed E-state index contributed by atoms with van der Waals surface area (Å²) >= 11 is 0. The van der Waals surface area contributed by atoms with Gasteiger partial charge in [0.25, 0.3) is 0 Å². The lowest BCUT2D eigenvalue weighted by Gasteiger charge is -2.34. The monoisotopic (exact) mass is 318 g/mol. The second-order valence-corrected chi connectivity index (χ2v) is 6.26. The lowest BCUT2D eigenvalue weighted by molar-refractivity contribution is 0.0915. The Bertz CT molecular complexity index is 482. The third-order valence-electron chi connectivity index (χ3n) is 4.60. The standard InChI is InChI=1S/C19H30N2O2/c1-3-17-6-4-7-18(16-17)19(22)8-10-21-13-11-20(12-14-21)9-5-15-23-2/h4,6-7,16H,3,5,8-15H2,1-2H3. The van der Waals surface area contributed by atoms with E-state index in [4.69, 9.17) is 4.74 Å². The maximum absolute atomic E-state index is 12.3. The number of piperazine rings is 1. The average molecular weight is 318 g/mol. The molecule has 4 heteroatoms. The van der Waals surface area contributed by atoms with Crippen molar-refractivity contribution in [3.8, 4) is 0 Å². The van der Waals surface area contributed by atoms with E-state index >= 15 is 0 Å². The molecule has 4 nitrogen and oxygen atoms in total. The largest absolute Gasteiger partial charge is 0.385 e. The molecule has 128 valence electrons. The summed E-state index contributed by atoms with van der Waals surface area (Å²) < 4.78 is 5.10. The molecule has 1 aromatic rings. The van der Waals surface area contributed by atoms with E-state index in [9.17, 15) is 4.79 Å². The van der Waals surface area contributed by atoms with Crippen molar-refractivity contribution in [1.29, 1.82) is 0 Å². The molecule has 0 radical (unpaired) electrons. The number of Topliss-reactive ketones (excluding diaryl/α,β-unsaturated/α-hetero) is 1. The molecule has 0 saturated carbocycles. The van der Waals surface area contributed by atoms with Gasteiger partial charge in [-0.05, 0) is 24.5 Å². The lowest BCUT2D eigenvalue weighted by Crippen LogP contribution is -2.47. The minimum atomic E-state index is 0.267. The molecule has 1 aromatic carbocycles. The molecule has 1 aliphatic heterocycles. The third kappa shape index (κ3) is 6.05. The van der Waals surface area contributed by atoms with Gasteiger partial charge in [-0.15, -0.1) is 0 Å². The van der Waals surface area contributed by atoms with Crippen molar-refractivity contribution in [3.05, 3.63) is 35.4 Å². The highest BCUT2D eigenvalue weighted by Crippen LogP contribution is 2.10. The first-order valence-electron chi connectivity index (χ1n) is 8.78. The number of benzene rings is 1. The lowest BCUT2D eigenvalue weighted by atomic mass is 10.0. The van der Waals surface area contributed by atoms with E-state index in [1.54, 1.807) is 7.11 Å². The summed E-state index contributed by atoms with van der Waals surface area (Å²) in [7, 11) is 1.76. The topological polar surface area (TPSA) is 32.8 Å². The van der Waals surface area contributed by atoms with Crippen LogP contribution in [0.3, 0.4) is 0 Å². The number of hydrogen-bond donors (Lipinski definition) is 0. The summed E-state index contributed by atoms with van der Waals surface area (Å²) in [6.45, 7) is 9.28. The molecule has 0 spiro atoms. The van der Waals surface area contributed by atoms with Gasteiger partial charge in [0, 0.05) is 65.0 Å². The van der Waals surface area contributed by atoms with E-state index < -0.39 is 0 Å². The molecule has 1 aliphatic rings. The number of aryl methyl sites for hydroxylation is 1. The maximum Gasteiger partial charge on any atom is 0.164 e. The number of ether oxygens (including phenoxy) is 1. The maximum atomic E-state index is 12.3. The third-order valence-corrected chi connectivity index (χ3v) is 4.60. The Morgan fingerprint density at radius 2 is 1.83 bits per heavy atom. The van der Waals surface area contributed by atoms with E-state index in [0.717, 1.165) is 64.3 Å². The summed E-state index contributed by atoms with van der Waals surface area (Å²) in [6, 6.07) is 8.05. The van der Waals surface area contributed by atoms with Crippen LogP contribution in [-0.2, 0) is 11.2 Å². The molecular formula is C19H30N2O2. The van der Waals surface area contributed by atoms with Crippen LogP contribution < -0.4 is 0 Å². The molecule has 0 bridgehead atoms. The Kier molecular flexibility index (Phi) is 7.72. The Hall–Kier alpha value is -1.23. The second kappa shape index (κ2) is 9.81. The van der Waals surface area contributed by atoms with Crippen molar-refractivity contribution in [3.63, 3.8) is 0 Å². The molecule has 23 heavy (non-hydrogen) atoms. The quantitative estimate of drug-likeness (QED) is 0.517. The van der Waals surface area contributed by atoms with Crippen LogP contribution in [-0.4, -0.2) is 68.6 Å². The summed E-state index contributed by atoms with van der Waals surface area (Å²) in [4.78, 5) is 17.2. The van der Waals surface area contributed by atoms with Gasteiger partial charge in [-0.3, -0.25) is 4.79 Å². The molecule has 1 saturated heterocycles. The SMILES string of the molecule is CCc1cccc(C(=O)CCN2CCN(CCCOC)CC2)c1. The van der Waals surface area contributed by atoms with Crippen LogP contribution in [0.15, 0.2) is 24.3 Å². The number of methoxy groups -OCH3 is 1. The van der Waals surface area contributed by atoms with Crippen molar-refractivity contribution >= 4 is 5.78 Å². The van der Waals surface area contributed by atoms with Crippen molar-refractivity contribution in [2.75, 3.05) is 53.0 Å². The summed E-state index contributed by atoms with van der Waals surface area (Å²) in [5.74, 6) is 0.267. The molecule has 0 aromatic heterocycles. The second-order valence-electron chi connectivity index (χ2n) is 6.26. The van der Waals surface area contributed by atoms with E-state index in [1.807, 2.05) is 18.2 Å². The van der Waals surface area contributed by atoms with Crippen LogP contribution in [0.25, 0.3) is 0 Å². The first-order chi connectivity index (χ1) is 11.2. The van der Waals surface area contributed by atoms with Crippen LogP contribution in [0.5, 0.6) is 0 Å². The van der Waals surface area contributed by atoms with Crippen molar-refractivity contribution in [2.24, 2.45) is 0 Å². The van der Waals surface area contributed by atoms with Crippen LogP contribution in [0.4, 0.5) is 0 Å². The van der Waals surface area contributed by atoms with Gasteiger partial charge in [0.2, 0.25) is 0 Å². The molecule has 1 fully saturated rings. The minimum Gasteiger partial charge on any atom is -0.385 e. The van der Waals surface area contributed by atoms with E-state index in [-0.39, 0.29) is 5.78 Å². The number of carbonyl (C=O) groups excluding carboxylic acids is 1. The Labute approximate surface area is 140 Å². The molecule has 0 N–H and O–H groups in total. The number of nitrogens with zero attached hydrogens (tertiary/aromatic N) is 2. The number of ketones is 1. The fraction of sp³-hybridized carbons (Fsp3) is 0.632. The van der Waals surface area contributed by atoms with Gasteiger partial charge in [-0.2, -0.15) is 0 Å². The molecular weight excluding hydrogens is 288 g/mol. The van der Waals surface area contributed by atoms with E-state index in [2.05, 4.69) is 22.8 Å². The first kappa shape index (κ1) is 18.1. The highest BCUT2D eigenvalue weighted by Gasteiger charge is 2.17. The molecule has 0 unspecified atom stereocenters. The molecule has 0 atom stereocenters. The fourth-order valence-corrected chi connectivity index (χ4v) is 3.04. The molecule has 1 heterocycles. The zero-order valence-electron chi connectivity index (χ0n) is 14.6. The van der Waals surface area contributed by atoms with Crippen molar-refractivity contribution in [1.82, 2.24) is 9.80 Å². The van der Waals surface area contributed by atoms with Gasteiger partial charge in [-0.25, -0.2) is 0 Å². The predicted molar refractivity (Wildman–Crippen MR) is 94.1 cm³/mol. The Balaban J connectivity index is 1.69. The highest BCUT2D eigenvalue weighted by molar-refractivity contribution is 5.96. The Morgan fingerprint density at radius 3 is 2.48 bits per heavy atom. The van der Waals surface area contributed by atoms with E-state index in [1.165, 1.54) is 5.56 Å². The number of carbonyl (C=O) groups is 1. The summed E-state index contributed by atoms with van der Waals surface area (Å²) in [6.07, 6.45) is 2.70.